The van der Waals surface area contributed by atoms with Crippen LogP contribution in [0.25, 0.3) is 0 Å². The summed E-state index contributed by atoms with van der Waals surface area (Å²) in [6.45, 7) is 5.70. The average molecular weight is 316 g/mol. The van der Waals surface area contributed by atoms with E-state index in [1.807, 2.05) is 6.92 Å². The van der Waals surface area contributed by atoms with Gasteiger partial charge in [0.15, 0.2) is 0 Å². The molecule has 3 rings (SSSR count). The lowest BCUT2D eigenvalue weighted by molar-refractivity contribution is 0.0529. The number of hydrogen-bond acceptors (Lipinski definition) is 4. The summed E-state index contributed by atoms with van der Waals surface area (Å²) >= 11 is 0. The van der Waals surface area contributed by atoms with Crippen LogP contribution in [0.15, 0.2) is 23.0 Å². The molecule has 0 saturated carbocycles. The van der Waals surface area contributed by atoms with E-state index in [0.717, 1.165) is 5.76 Å². The number of rotatable bonds is 2. The maximum Gasteiger partial charge on any atom is 0.272 e. The van der Waals surface area contributed by atoms with Crippen LogP contribution >= 0.6 is 0 Å². The maximum absolute atomic E-state index is 12.5. The molecule has 122 valence electrons. The zero-order valence-electron chi connectivity index (χ0n) is 13.6. The third-order valence-corrected chi connectivity index (χ3v) is 4.16. The van der Waals surface area contributed by atoms with Crippen LogP contribution in [0.2, 0.25) is 0 Å². The summed E-state index contributed by atoms with van der Waals surface area (Å²) in [4.78, 5) is 32.5. The Hall–Kier alpha value is -2.57. The largest absolute Gasteiger partial charge is 0.466 e. The number of hydrogen-bond donors (Lipinski definition) is 0. The summed E-state index contributed by atoms with van der Waals surface area (Å²) in [6.07, 6.45) is 3.18. The van der Waals surface area contributed by atoms with Crippen molar-refractivity contribution in [3.63, 3.8) is 0 Å². The lowest BCUT2D eigenvalue weighted by Crippen LogP contribution is -2.50. The van der Waals surface area contributed by atoms with Gasteiger partial charge in [-0.3, -0.25) is 9.59 Å². The third kappa shape index (κ3) is 2.86. The molecule has 0 bridgehead atoms. The van der Waals surface area contributed by atoms with Crippen molar-refractivity contribution in [2.45, 2.75) is 13.8 Å². The highest BCUT2D eigenvalue weighted by atomic mass is 16.3. The van der Waals surface area contributed by atoms with Gasteiger partial charge < -0.3 is 18.8 Å². The zero-order chi connectivity index (χ0) is 16.6. The molecule has 2 amide bonds. The van der Waals surface area contributed by atoms with E-state index in [9.17, 15) is 9.59 Å². The van der Waals surface area contributed by atoms with Crippen LogP contribution < -0.4 is 0 Å². The first-order valence-electron chi connectivity index (χ1n) is 7.59. The van der Waals surface area contributed by atoms with Crippen LogP contribution in [0.4, 0.5) is 0 Å². The number of aromatic nitrogens is 2. The van der Waals surface area contributed by atoms with Crippen molar-refractivity contribution in [3.05, 3.63) is 41.4 Å². The molecule has 0 aliphatic carbocycles. The van der Waals surface area contributed by atoms with E-state index in [2.05, 4.69) is 4.98 Å². The Labute approximate surface area is 134 Å². The van der Waals surface area contributed by atoms with Crippen LogP contribution in [0.3, 0.4) is 0 Å². The Morgan fingerprint density at radius 2 is 1.70 bits per heavy atom. The molecule has 1 fully saturated rings. The van der Waals surface area contributed by atoms with Crippen molar-refractivity contribution in [3.8, 4) is 0 Å². The number of nitrogens with zero attached hydrogens (tertiary/aromatic N) is 4. The molecule has 0 atom stereocenters. The quantitative estimate of drug-likeness (QED) is 0.835. The first-order valence-corrected chi connectivity index (χ1v) is 7.59. The second kappa shape index (κ2) is 5.91. The second-order valence-electron chi connectivity index (χ2n) is 5.80. The van der Waals surface area contributed by atoms with Crippen LogP contribution in [-0.4, -0.2) is 57.3 Å². The lowest BCUT2D eigenvalue weighted by atomic mass is 10.2. The van der Waals surface area contributed by atoms with Crippen molar-refractivity contribution in [1.82, 2.24) is 19.4 Å². The summed E-state index contributed by atoms with van der Waals surface area (Å²) in [5.74, 6) is 1.29. The monoisotopic (exact) mass is 316 g/mol. The van der Waals surface area contributed by atoms with Gasteiger partial charge >= 0.3 is 0 Å². The van der Waals surface area contributed by atoms with Gasteiger partial charge in [-0.15, -0.1) is 0 Å². The smallest absolute Gasteiger partial charge is 0.272 e. The minimum atomic E-state index is -0.0487. The molecule has 1 aliphatic rings. The molecule has 0 radical (unpaired) electrons. The molecule has 7 heteroatoms. The molecule has 0 spiro atoms. The molecule has 7 nitrogen and oxygen atoms in total. The van der Waals surface area contributed by atoms with Gasteiger partial charge in [-0.25, -0.2) is 4.98 Å². The van der Waals surface area contributed by atoms with Crippen molar-refractivity contribution in [2.24, 2.45) is 7.05 Å². The van der Waals surface area contributed by atoms with Gasteiger partial charge in [0.05, 0.1) is 18.1 Å². The van der Waals surface area contributed by atoms with E-state index < -0.39 is 0 Å². The van der Waals surface area contributed by atoms with E-state index in [4.69, 9.17) is 4.42 Å². The predicted octanol–water partition coefficient (Wildman–Crippen LogP) is 1.23. The fourth-order valence-electron chi connectivity index (χ4n) is 2.85. The van der Waals surface area contributed by atoms with E-state index in [1.165, 1.54) is 0 Å². The van der Waals surface area contributed by atoms with Crippen molar-refractivity contribution < 1.29 is 14.0 Å². The van der Waals surface area contributed by atoms with Gasteiger partial charge in [0, 0.05) is 33.2 Å². The summed E-state index contributed by atoms with van der Waals surface area (Å²) in [5.41, 5.74) is 1.17. The lowest BCUT2D eigenvalue weighted by Gasteiger charge is -2.34. The van der Waals surface area contributed by atoms with Crippen LogP contribution in [0, 0.1) is 13.8 Å². The molecule has 0 N–H and O–H groups in total. The van der Waals surface area contributed by atoms with Gasteiger partial charge in [-0.1, -0.05) is 0 Å². The highest BCUT2D eigenvalue weighted by Gasteiger charge is 2.28. The summed E-state index contributed by atoms with van der Waals surface area (Å²) in [6, 6.07) is 1.77. The fraction of sp³-hybridized carbons (Fsp3) is 0.438. The minimum Gasteiger partial charge on any atom is -0.466 e. The zero-order valence-corrected chi connectivity index (χ0v) is 13.6. The molecule has 3 heterocycles. The van der Waals surface area contributed by atoms with Gasteiger partial charge in [0.2, 0.25) is 0 Å². The highest BCUT2D eigenvalue weighted by molar-refractivity contribution is 5.96. The van der Waals surface area contributed by atoms with E-state index >= 15 is 0 Å². The fourth-order valence-corrected chi connectivity index (χ4v) is 2.85. The Morgan fingerprint density at radius 3 is 2.17 bits per heavy atom. The third-order valence-electron chi connectivity index (χ3n) is 4.16. The van der Waals surface area contributed by atoms with Gasteiger partial charge in [-0.05, 0) is 19.9 Å². The number of furan rings is 1. The number of amides is 2. The standard InChI is InChI=1S/C16H20N4O3/c1-11-8-13(12(2)23-11)15(21)19-4-6-20(7-5-19)16(22)14-9-17-10-18(14)3/h8-10H,4-7H2,1-3H3. The molecule has 0 aromatic carbocycles. The number of imidazole rings is 1. The second-order valence-corrected chi connectivity index (χ2v) is 5.80. The first-order chi connectivity index (χ1) is 11.0. The molecule has 23 heavy (non-hydrogen) atoms. The topological polar surface area (TPSA) is 71.6 Å². The number of carbonyl (C=O) groups excluding carboxylic acids is 2. The van der Waals surface area contributed by atoms with Gasteiger partial charge in [-0.2, -0.15) is 0 Å². The molecular formula is C16H20N4O3. The van der Waals surface area contributed by atoms with E-state index in [0.29, 0.717) is 43.2 Å². The Balaban J connectivity index is 1.64. The SMILES string of the molecule is Cc1cc(C(=O)N2CCN(C(=O)c3cncn3C)CC2)c(C)o1. The minimum absolute atomic E-state index is 0.0352. The van der Waals surface area contributed by atoms with Crippen LogP contribution in [-0.2, 0) is 7.05 Å². The Morgan fingerprint density at radius 1 is 1.09 bits per heavy atom. The van der Waals surface area contributed by atoms with Crippen LogP contribution in [0.5, 0.6) is 0 Å². The predicted molar refractivity (Wildman–Crippen MR) is 83.2 cm³/mol. The van der Waals surface area contributed by atoms with Crippen molar-refractivity contribution in [2.75, 3.05) is 26.2 Å². The van der Waals surface area contributed by atoms with Gasteiger partial charge in [0.1, 0.15) is 17.2 Å². The molecule has 1 saturated heterocycles. The van der Waals surface area contributed by atoms with Crippen molar-refractivity contribution in [1.29, 1.82) is 0 Å². The Bertz CT molecular complexity index is 738. The van der Waals surface area contributed by atoms with Crippen LogP contribution in [0.1, 0.15) is 32.4 Å². The number of carbonyl (C=O) groups is 2. The Kier molecular flexibility index (Phi) is 3.94. The normalized spacial score (nSPS) is 15.1. The summed E-state index contributed by atoms with van der Waals surface area (Å²) < 4.78 is 7.13. The van der Waals surface area contributed by atoms with E-state index in [-0.39, 0.29) is 11.8 Å². The molecular weight excluding hydrogens is 296 g/mol. The molecule has 2 aromatic rings. The molecule has 1 aliphatic heterocycles. The summed E-state index contributed by atoms with van der Waals surface area (Å²) in [5, 5.41) is 0. The van der Waals surface area contributed by atoms with E-state index in [1.54, 1.807) is 46.9 Å². The maximum atomic E-state index is 12.5. The number of piperazine rings is 1. The molecule has 0 unspecified atom stereocenters. The van der Waals surface area contributed by atoms with Crippen molar-refractivity contribution >= 4 is 11.8 Å². The molecule has 2 aromatic heterocycles. The highest BCUT2D eigenvalue weighted by Crippen LogP contribution is 2.17. The summed E-state index contributed by atoms with van der Waals surface area (Å²) in [7, 11) is 1.80. The average Bonchev–Trinajstić information content (AvgIpc) is 3.11. The van der Waals surface area contributed by atoms with Gasteiger partial charge in [0.25, 0.3) is 11.8 Å². The first kappa shape index (κ1) is 15.3. The number of aryl methyl sites for hydroxylation is 3.